The highest BCUT2D eigenvalue weighted by molar-refractivity contribution is 5.31. The first kappa shape index (κ1) is 15.1. The number of phenolic OH excluding ortho intramolecular Hbond substituents is 1. The summed E-state index contributed by atoms with van der Waals surface area (Å²) in [5.41, 5.74) is 2.86. The molecule has 2 nitrogen and oxygen atoms in total. The van der Waals surface area contributed by atoms with Crippen LogP contribution in [0.1, 0.15) is 45.6 Å². The van der Waals surface area contributed by atoms with Crippen molar-refractivity contribution in [2.75, 3.05) is 6.54 Å². The average Bonchev–Trinajstić information content (AvgIpc) is 2.53. The summed E-state index contributed by atoms with van der Waals surface area (Å²) in [6.07, 6.45) is 6.04. The molecule has 2 rings (SSSR count). The molecule has 0 fully saturated rings. The van der Waals surface area contributed by atoms with Crippen LogP contribution in [0.3, 0.4) is 0 Å². The van der Waals surface area contributed by atoms with Gasteiger partial charge in [-0.05, 0) is 50.1 Å². The zero-order chi connectivity index (χ0) is 14.6. The number of hydrogen-bond acceptors (Lipinski definition) is 2. The van der Waals surface area contributed by atoms with E-state index in [9.17, 15) is 5.11 Å². The number of hydrogen-bond donors (Lipinski definition) is 2. The molecule has 2 N–H and O–H groups in total. The maximum absolute atomic E-state index is 9.78. The molecule has 0 aliphatic heterocycles. The molecule has 0 spiro atoms. The molecule has 2 heteroatoms. The van der Waals surface area contributed by atoms with Crippen LogP contribution in [0.4, 0.5) is 0 Å². The number of allylic oxidation sites excluding steroid dienone is 2. The summed E-state index contributed by atoms with van der Waals surface area (Å²) >= 11 is 0. The van der Waals surface area contributed by atoms with Crippen molar-refractivity contribution >= 4 is 0 Å². The number of aromatic hydroxyl groups is 1. The second-order valence-electron chi connectivity index (χ2n) is 6.74. The van der Waals surface area contributed by atoms with Crippen LogP contribution in [0, 0.1) is 11.3 Å². The minimum Gasteiger partial charge on any atom is -0.508 e. The SMILES string of the molecule is CC1=CCC(C)(C)C(CNCc2ccccc2O)CC1. The fourth-order valence-electron chi connectivity index (χ4n) is 2.92. The fraction of sp³-hybridized carbons (Fsp3) is 0.556. The molecule has 1 atom stereocenters. The van der Waals surface area contributed by atoms with Crippen molar-refractivity contribution in [3.8, 4) is 5.75 Å². The van der Waals surface area contributed by atoms with E-state index in [0.717, 1.165) is 18.7 Å². The van der Waals surface area contributed by atoms with Crippen molar-refractivity contribution in [2.24, 2.45) is 11.3 Å². The van der Waals surface area contributed by atoms with E-state index in [0.29, 0.717) is 17.1 Å². The zero-order valence-electron chi connectivity index (χ0n) is 12.9. The van der Waals surface area contributed by atoms with Gasteiger partial charge in [0.25, 0.3) is 0 Å². The molecule has 1 unspecified atom stereocenters. The third kappa shape index (κ3) is 3.86. The molecular formula is C18H27NO. The van der Waals surface area contributed by atoms with Crippen molar-refractivity contribution in [1.82, 2.24) is 5.32 Å². The standard InChI is InChI=1S/C18H27NO/c1-14-8-9-16(18(2,3)11-10-14)13-19-12-15-6-4-5-7-17(15)20/h4-7,10,16,19-20H,8-9,11-13H2,1-3H3. The Morgan fingerprint density at radius 3 is 2.80 bits per heavy atom. The van der Waals surface area contributed by atoms with Gasteiger partial charge in [0.2, 0.25) is 0 Å². The number of benzene rings is 1. The van der Waals surface area contributed by atoms with Gasteiger partial charge < -0.3 is 10.4 Å². The summed E-state index contributed by atoms with van der Waals surface area (Å²) in [6.45, 7) is 8.74. The molecular weight excluding hydrogens is 246 g/mol. The van der Waals surface area contributed by atoms with Crippen LogP contribution in [-0.2, 0) is 6.54 Å². The van der Waals surface area contributed by atoms with E-state index in [1.807, 2.05) is 18.2 Å². The van der Waals surface area contributed by atoms with Crippen molar-refractivity contribution in [3.63, 3.8) is 0 Å². The molecule has 0 saturated heterocycles. The molecule has 110 valence electrons. The van der Waals surface area contributed by atoms with Gasteiger partial charge in [0.05, 0.1) is 0 Å². The van der Waals surface area contributed by atoms with Gasteiger partial charge in [0.15, 0.2) is 0 Å². The molecule has 1 aromatic carbocycles. The summed E-state index contributed by atoms with van der Waals surface area (Å²) in [7, 11) is 0. The second-order valence-corrected chi connectivity index (χ2v) is 6.74. The Morgan fingerprint density at radius 2 is 2.05 bits per heavy atom. The molecule has 0 bridgehead atoms. The lowest BCUT2D eigenvalue weighted by Gasteiger charge is -2.32. The molecule has 0 heterocycles. The van der Waals surface area contributed by atoms with E-state index >= 15 is 0 Å². The quantitative estimate of drug-likeness (QED) is 0.804. The predicted octanol–water partition coefficient (Wildman–Crippen LogP) is 4.25. The number of nitrogens with one attached hydrogen (secondary N) is 1. The lowest BCUT2D eigenvalue weighted by molar-refractivity contribution is 0.201. The van der Waals surface area contributed by atoms with Gasteiger partial charge in [-0.15, -0.1) is 0 Å². The van der Waals surface area contributed by atoms with E-state index in [1.54, 1.807) is 6.07 Å². The maximum Gasteiger partial charge on any atom is 0.120 e. The Bertz CT molecular complexity index is 476. The van der Waals surface area contributed by atoms with Crippen LogP contribution >= 0.6 is 0 Å². The number of rotatable bonds is 4. The number of para-hydroxylation sites is 1. The normalized spacial score (nSPS) is 22.1. The van der Waals surface area contributed by atoms with E-state index in [4.69, 9.17) is 0 Å². The molecule has 20 heavy (non-hydrogen) atoms. The number of phenols is 1. The molecule has 1 aliphatic rings. The van der Waals surface area contributed by atoms with Gasteiger partial charge in [-0.25, -0.2) is 0 Å². The first-order valence-electron chi connectivity index (χ1n) is 7.62. The molecule has 0 aromatic heterocycles. The van der Waals surface area contributed by atoms with Crippen molar-refractivity contribution in [3.05, 3.63) is 41.5 Å². The highest BCUT2D eigenvalue weighted by Crippen LogP contribution is 2.38. The Labute approximate surface area is 122 Å². The van der Waals surface area contributed by atoms with E-state index < -0.39 is 0 Å². The Kier molecular flexibility index (Phi) is 4.87. The third-order valence-electron chi connectivity index (χ3n) is 4.67. The van der Waals surface area contributed by atoms with Gasteiger partial charge in [-0.3, -0.25) is 0 Å². The monoisotopic (exact) mass is 273 g/mol. The Morgan fingerprint density at radius 1 is 1.30 bits per heavy atom. The lowest BCUT2D eigenvalue weighted by atomic mass is 9.75. The Balaban J connectivity index is 1.89. The van der Waals surface area contributed by atoms with Crippen LogP contribution < -0.4 is 5.32 Å². The van der Waals surface area contributed by atoms with Gasteiger partial charge in [0.1, 0.15) is 5.75 Å². The maximum atomic E-state index is 9.78. The van der Waals surface area contributed by atoms with E-state index in [1.165, 1.54) is 24.8 Å². The molecule has 0 saturated carbocycles. The van der Waals surface area contributed by atoms with Crippen LogP contribution in [0.15, 0.2) is 35.9 Å². The molecule has 0 amide bonds. The first-order chi connectivity index (χ1) is 9.49. The summed E-state index contributed by atoms with van der Waals surface area (Å²) in [6, 6.07) is 7.56. The summed E-state index contributed by atoms with van der Waals surface area (Å²) in [5.74, 6) is 1.07. The van der Waals surface area contributed by atoms with Gasteiger partial charge in [-0.1, -0.05) is 43.7 Å². The largest absolute Gasteiger partial charge is 0.508 e. The predicted molar refractivity (Wildman–Crippen MR) is 84.7 cm³/mol. The highest BCUT2D eigenvalue weighted by Gasteiger charge is 2.29. The van der Waals surface area contributed by atoms with Crippen LogP contribution in [0.5, 0.6) is 5.75 Å². The molecule has 1 aliphatic carbocycles. The Hall–Kier alpha value is -1.28. The average molecular weight is 273 g/mol. The second kappa shape index (κ2) is 6.45. The van der Waals surface area contributed by atoms with Crippen molar-refractivity contribution in [1.29, 1.82) is 0 Å². The van der Waals surface area contributed by atoms with Gasteiger partial charge in [-0.2, -0.15) is 0 Å². The van der Waals surface area contributed by atoms with Crippen LogP contribution in [0.2, 0.25) is 0 Å². The molecule has 0 radical (unpaired) electrons. The zero-order valence-corrected chi connectivity index (χ0v) is 12.9. The minimum absolute atomic E-state index is 0.351. The third-order valence-corrected chi connectivity index (χ3v) is 4.67. The lowest BCUT2D eigenvalue weighted by Crippen LogP contribution is -2.32. The van der Waals surface area contributed by atoms with E-state index in [-0.39, 0.29) is 0 Å². The van der Waals surface area contributed by atoms with Crippen molar-refractivity contribution < 1.29 is 5.11 Å². The fourth-order valence-corrected chi connectivity index (χ4v) is 2.92. The van der Waals surface area contributed by atoms with Gasteiger partial charge in [0, 0.05) is 12.1 Å². The first-order valence-corrected chi connectivity index (χ1v) is 7.62. The van der Waals surface area contributed by atoms with Crippen LogP contribution in [-0.4, -0.2) is 11.7 Å². The summed E-state index contributed by atoms with van der Waals surface area (Å²) in [4.78, 5) is 0. The smallest absolute Gasteiger partial charge is 0.120 e. The highest BCUT2D eigenvalue weighted by atomic mass is 16.3. The summed E-state index contributed by atoms with van der Waals surface area (Å²) in [5, 5.41) is 13.3. The van der Waals surface area contributed by atoms with Gasteiger partial charge >= 0.3 is 0 Å². The van der Waals surface area contributed by atoms with Crippen molar-refractivity contribution in [2.45, 2.75) is 46.6 Å². The molecule has 1 aromatic rings. The topological polar surface area (TPSA) is 32.3 Å². The summed E-state index contributed by atoms with van der Waals surface area (Å²) < 4.78 is 0. The van der Waals surface area contributed by atoms with E-state index in [2.05, 4.69) is 32.2 Å². The van der Waals surface area contributed by atoms with Crippen LogP contribution in [0.25, 0.3) is 0 Å². The minimum atomic E-state index is 0.351.